The molecule has 0 spiro atoms. The Morgan fingerprint density at radius 3 is 2.55 bits per heavy atom. The predicted octanol–water partition coefficient (Wildman–Crippen LogP) is 2.09. The Labute approximate surface area is 68.9 Å². The minimum absolute atomic E-state index is 0.862. The number of allylic oxidation sites excluding steroid dienone is 1. The second kappa shape index (κ2) is 3.40. The Morgan fingerprint density at radius 2 is 2.00 bits per heavy atom. The summed E-state index contributed by atoms with van der Waals surface area (Å²) in [6.07, 6.45) is 11.8. The van der Waals surface area contributed by atoms with E-state index < -0.39 is 0 Å². The van der Waals surface area contributed by atoms with Gasteiger partial charge in [0, 0.05) is 12.6 Å². The third kappa shape index (κ3) is 2.33. The van der Waals surface area contributed by atoms with Gasteiger partial charge in [0.05, 0.1) is 0 Å². The summed E-state index contributed by atoms with van der Waals surface area (Å²) in [5.41, 5.74) is 0. The highest BCUT2D eigenvalue weighted by Gasteiger charge is 2.19. The van der Waals surface area contributed by atoms with Crippen LogP contribution in [0.25, 0.3) is 0 Å². The largest absolute Gasteiger partial charge is 0.311 e. The topological polar surface area (TPSA) is 12.0 Å². The first kappa shape index (κ1) is 7.35. The molecule has 0 bridgehead atoms. The molecule has 0 saturated heterocycles. The first-order valence-electron chi connectivity index (χ1n) is 4.85. The van der Waals surface area contributed by atoms with Gasteiger partial charge in [-0.3, -0.25) is 0 Å². The van der Waals surface area contributed by atoms with Gasteiger partial charge in [0.2, 0.25) is 0 Å². The zero-order valence-corrected chi connectivity index (χ0v) is 7.05. The molecule has 0 heterocycles. The van der Waals surface area contributed by atoms with Crippen LogP contribution in [0.1, 0.15) is 32.1 Å². The van der Waals surface area contributed by atoms with E-state index in [0.717, 1.165) is 18.5 Å². The molecule has 0 amide bonds. The summed E-state index contributed by atoms with van der Waals surface area (Å²) in [6, 6.07) is 0.862. The van der Waals surface area contributed by atoms with Crippen LogP contribution in [0, 0.1) is 5.92 Å². The summed E-state index contributed by atoms with van der Waals surface area (Å²) in [4.78, 5) is 0. The quantitative estimate of drug-likeness (QED) is 0.607. The number of nitrogens with one attached hydrogen (secondary N) is 1. The highest BCUT2D eigenvalue weighted by molar-refractivity contribution is 4.95. The zero-order chi connectivity index (χ0) is 7.52. The zero-order valence-electron chi connectivity index (χ0n) is 7.05. The van der Waals surface area contributed by atoms with Crippen molar-refractivity contribution in [2.45, 2.75) is 38.1 Å². The summed E-state index contributed by atoms with van der Waals surface area (Å²) >= 11 is 0. The van der Waals surface area contributed by atoms with Crippen molar-refractivity contribution in [3.63, 3.8) is 0 Å². The monoisotopic (exact) mass is 151 g/mol. The van der Waals surface area contributed by atoms with E-state index in [1.54, 1.807) is 0 Å². The molecule has 0 aromatic rings. The highest BCUT2D eigenvalue weighted by Crippen LogP contribution is 2.27. The fourth-order valence-corrected chi connectivity index (χ4v) is 1.41. The lowest BCUT2D eigenvalue weighted by Crippen LogP contribution is -2.16. The van der Waals surface area contributed by atoms with Gasteiger partial charge in [-0.1, -0.05) is 18.6 Å². The van der Waals surface area contributed by atoms with Crippen LogP contribution in [0.15, 0.2) is 12.2 Å². The predicted molar refractivity (Wildman–Crippen MR) is 47.5 cm³/mol. The van der Waals surface area contributed by atoms with E-state index in [-0.39, 0.29) is 0 Å². The molecule has 1 heteroatoms. The van der Waals surface area contributed by atoms with Crippen LogP contribution in [0.4, 0.5) is 0 Å². The van der Waals surface area contributed by atoms with Crippen molar-refractivity contribution < 1.29 is 0 Å². The maximum atomic E-state index is 3.47. The maximum absolute atomic E-state index is 3.47. The van der Waals surface area contributed by atoms with Crippen molar-refractivity contribution in [3.8, 4) is 0 Å². The van der Waals surface area contributed by atoms with E-state index >= 15 is 0 Å². The smallest absolute Gasteiger partial charge is 0.0137 e. The van der Waals surface area contributed by atoms with Crippen LogP contribution in [-0.2, 0) is 0 Å². The Balaban J connectivity index is 1.53. The molecule has 0 atom stereocenters. The van der Waals surface area contributed by atoms with Gasteiger partial charge >= 0.3 is 0 Å². The second-order valence-corrected chi connectivity index (χ2v) is 3.80. The summed E-state index contributed by atoms with van der Waals surface area (Å²) in [6.45, 7) is 1.10. The fourth-order valence-electron chi connectivity index (χ4n) is 1.41. The molecule has 1 N–H and O–H groups in total. The van der Waals surface area contributed by atoms with Crippen molar-refractivity contribution in [2.24, 2.45) is 5.92 Å². The normalized spacial score (nSPS) is 25.8. The summed E-state index contributed by atoms with van der Waals surface area (Å²) < 4.78 is 0. The SMILES string of the molecule is C(=CC1CCC1)CNC1CC1. The molecule has 2 aliphatic carbocycles. The lowest BCUT2D eigenvalue weighted by atomic mass is 9.85. The van der Waals surface area contributed by atoms with Gasteiger partial charge in [0.1, 0.15) is 0 Å². The van der Waals surface area contributed by atoms with Gasteiger partial charge in [-0.2, -0.15) is 0 Å². The van der Waals surface area contributed by atoms with Crippen LogP contribution in [0.5, 0.6) is 0 Å². The number of rotatable bonds is 4. The summed E-state index contributed by atoms with van der Waals surface area (Å²) in [7, 11) is 0. The molecule has 11 heavy (non-hydrogen) atoms. The van der Waals surface area contributed by atoms with Gasteiger partial charge in [0.25, 0.3) is 0 Å². The van der Waals surface area contributed by atoms with Crippen molar-refractivity contribution in [1.82, 2.24) is 5.32 Å². The molecule has 2 saturated carbocycles. The van der Waals surface area contributed by atoms with Crippen LogP contribution in [0.3, 0.4) is 0 Å². The standard InChI is InChI=1S/C10H17N/c1-3-9(4-1)5-2-8-11-10-6-7-10/h2,5,9-11H,1,3-4,6-8H2. The third-order valence-corrected chi connectivity index (χ3v) is 2.66. The molecule has 2 fully saturated rings. The Kier molecular flexibility index (Phi) is 2.27. The van der Waals surface area contributed by atoms with Gasteiger partial charge in [0.15, 0.2) is 0 Å². The molecule has 0 radical (unpaired) electrons. The van der Waals surface area contributed by atoms with Crippen molar-refractivity contribution in [2.75, 3.05) is 6.54 Å². The molecule has 62 valence electrons. The lowest BCUT2D eigenvalue weighted by Gasteiger charge is -2.21. The summed E-state index contributed by atoms with van der Waals surface area (Å²) in [5, 5.41) is 3.47. The van der Waals surface area contributed by atoms with Crippen LogP contribution in [-0.4, -0.2) is 12.6 Å². The lowest BCUT2D eigenvalue weighted by molar-refractivity contribution is 0.387. The van der Waals surface area contributed by atoms with Crippen LogP contribution < -0.4 is 5.32 Å². The second-order valence-electron chi connectivity index (χ2n) is 3.80. The average Bonchev–Trinajstić information content (AvgIpc) is 2.66. The first-order chi connectivity index (χ1) is 5.45. The minimum Gasteiger partial charge on any atom is -0.311 e. The minimum atomic E-state index is 0.862. The van der Waals surface area contributed by atoms with E-state index in [2.05, 4.69) is 17.5 Å². The van der Waals surface area contributed by atoms with E-state index in [9.17, 15) is 0 Å². The molecule has 2 aliphatic rings. The molecular weight excluding hydrogens is 134 g/mol. The van der Waals surface area contributed by atoms with Crippen LogP contribution >= 0.6 is 0 Å². The summed E-state index contributed by atoms with van der Waals surface area (Å²) in [5.74, 6) is 0.927. The molecule has 0 aromatic carbocycles. The number of hydrogen-bond donors (Lipinski definition) is 1. The molecular formula is C10H17N. The highest BCUT2D eigenvalue weighted by atomic mass is 14.9. The Hall–Kier alpha value is -0.300. The maximum Gasteiger partial charge on any atom is 0.0137 e. The van der Waals surface area contributed by atoms with Crippen molar-refractivity contribution in [1.29, 1.82) is 0 Å². The molecule has 0 aliphatic heterocycles. The van der Waals surface area contributed by atoms with E-state index in [0.29, 0.717) is 0 Å². The van der Waals surface area contributed by atoms with Crippen molar-refractivity contribution in [3.05, 3.63) is 12.2 Å². The molecule has 1 nitrogen and oxygen atoms in total. The Morgan fingerprint density at radius 1 is 1.18 bits per heavy atom. The third-order valence-electron chi connectivity index (χ3n) is 2.66. The molecule has 0 aromatic heterocycles. The van der Waals surface area contributed by atoms with E-state index in [4.69, 9.17) is 0 Å². The van der Waals surface area contributed by atoms with Crippen molar-refractivity contribution >= 4 is 0 Å². The average molecular weight is 151 g/mol. The Bertz CT molecular complexity index is 143. The number of hydrogen-bond acceptors (Lipinski definition) is 1. The van der Waals surface area contributed by atoms with Gasteiger partial charge in [-0.15, -0.1) is 0 Å². The molecule has 0 unspecified atom stereocenters. The van der Waals surface area contributed by atoms with Gasteiger partial charge < -0.3 is 5.32 Å². The van der Waals surface area contributed by atoms with E-state index in [1.807, 2.05) is 0 Å². The van der Waals surface area contributed by atoms with Gasteiger partial charge in [-0.25, -0.2) is 0 Å². The van der Waals surface area contributed by atoms with Crippen LogP contribution in [0.2, 0.25) is 0 Å². The first-order valence-corrected chi connectivity index (χ1v) is 4.85. The van der Waals surface area contributed by atoms with E-state index in [1.165, 1.54) is 32.1 Å². The molecule has 2 rings (SSSR count). The van der Waals surface area contributed by atoms with Gasteiger partial charge in [-0.05, 0) is 31.6 Å². The fraction of sp³-hybridized carbons (Fsp3) is 0.800.